The molecule has 3 nitrogen and oxygen atoms in total. The van der Waals surface area contributed by atoms with Crippen LogP contribution in [0.1, 0.15) is 31.0 Å². The molecule has 1 heterocycles. The number of benzene rings is 1. The van der Waals surface area contributed by atoms with E-state index in [0.29, 0.717) is 11.0 Å². The number of hydrogen-bond donors (Lipinski definition) is 1. The molecule has 5 heteroatoms. The Bertz CT molecular complexity index is 563. The first-order valence-electron chi connectivity index (χ1n) is 6.04. The summed E-state index contributed by atoms with van der Waals surface area (Å²) in [5, 5.41) is 5.30. The van der Waals surface area contributed by atoms with Gasteiger partial charge in [-0.25, -0.2) is 9.37 Å². The summed E-state index contributed by atoms with van der Waals surface area (Å²) in [6.45, 7) is 4.11. The van der Waals surface area contributed by atoms with Gasteiger partial charge in [-0.2, -0.15) is 0 Å². The number of anilines is 1. The fourth-order valence-electron chi connectivity index (χ4n) is 1.56. The van der Waals surface area contributed by atoms with Crippen LogP contribution in [-0.2, 0) is 11.2 Å². The largest absolute Gasteiger partial charge is 0.302 e. The zero-order valence-corrected chi connectivity index (χ0v) is 11.6. The third kappa shape index (κ3) is 3.86. The topological polar surface area (TPSA) is 42.0 Å². The summed E-state index contributed by atoms with van der Waals surface area (Å²) in [5.74, 6) is -0.0964. The van der Waals surface area contributed by atoms with Crippen LogP contribution >= 0.6 is 11.3 Å². The Morgan fingerprint density at radius 2 is 2.05 bits per heavy atom. The molecule has 0 radical (unpaired) electrons. The molecule has 1 amide bonds. The number of halogens is 1. The van der Waals surface area contributed by atoms with Crippen molar-refractivity contribution in [3.05, 3.63) is 46.7 Å². The number of hydrogen-bond acceptors (Lipinski definition) is 3. The van der Waals surface area contributed by atoms with Crippen molar-refractivity contribution in [2.24, 2.45) is 0 Å². The van der Waals surface area contributed by atoms with E-state index in [9.17, 15) is 9.18 Å². The molecule has 100 valence electrons. The third-order valence-corrected chi connectivity index (χ3v) is 3.41. The molecule has 0 unspecified atom stereocenters. The molecular weight excluding hydrogens is 263 g/mol. The second-order valence-electron chi connectivity index (χ2n) is 4.58. The lowest BCUT2D eigenvalue weighted by Crippen LogP contribution is -2.14. The Balaban J connectivity index is 1.95. The molecule has 1 N–H and O–H groups in total. The van der Waals surface area contributed by atoms with Crippen LogP contribution in [0.25, 0.3) is 0 Å². The average molecular weight is 278 g/mol. The van der Waals surface area contributed by atoms with E-state index in [-0.39, 0.29) is 18.1 Å². The van der Waals surface area contributed by atoms with E-state index in [0.717, 1.165) is 11.3 Å². The lowest BCUT2D eigenvalue weighted by atomic mass is 10.1. The number of thiazole rings is 1. The van der Waals surface area contributed by atoms with E-state index in [1.54, 1.807) is 12.1 Å². The quantitative estimate of drug-likeness (QED) is 0.928. The van der Waals surface area contributed by atoms with E-state index < -0.39 is 0 Å². The van der Waals surface area contributed by atoms with Gasteiger partial charge in [0.05, 0.1) is 12.1 Å². The highest BCUT2D eigenvalue weighted by Gasteiger charge is 2.09. The summed E-state index contributed by atoms with van der Waals surface area (Å²) >= 11 is 1.42. The summed E-state index contributed by atoms with van der Waals surface area (Å²) in [6.07, 6.45) is 0.219. The zero-order chi connectivity index (χ0) is 13.8. The van der Waals surface area contributed by atoms with Crippen molar-refractivity contribution in [1.29, 1.82) is 0 Å². The monoisotopic (exact) mass is 278 g/mol. The first kappa shape index (κ1) is 13.7. The van der Waals surface area contributed by atoms with Gasteiger partial charge in [0, 0.05) is 5.38 Å². The van der Waals surface area contributed by atoms with E-state index in [1.807, 2.05) is 5.38 Å². The Morgan fingerprint density at radius 1 is 1.37 bits per heavy atom. The fraction of sp³-hybridized carbons (Fsp3) is 0.286. The Labute approximate surface area is 115 Å². The molecule has 0 fully saturated rings. The molecule has 0 spiro atoms. The van der Waals surface area contributed by atoms with E-state index in [2.05, 4.69) is 24.1 Å². The molecule has 19 heavy (non-hydrogen) atoms. The van der Waals surface area contributed by atoms with Crippen molar-refractivity contribution in [3.8, 4) is 0 Å². The van der Waals surface area contributed by atoms with Crippen LogP contribution in [-0.4, -0.2) is 10.9 Å². The minimum absolute atomic E-state index is 0.142. The highest BCUT2D eigenvalue weighted by atomic mass is 32.1. The maximum Gasteiger partial charge on any atom is 0.230 e. The SMILES string of the molecule is CC(C)c1csc(NC(=O)Cc2ccc(F)cc2)n1. The number of nitrogens with one attached hydrogen (secondary N) is 1. The molecule has 0 aliphatic rings. The Kier molecular flexibility index (Phi) is 4.27. The smallest absolute Gasteiger partial charge is 0.230 e. The average Bonchev–Trinajstić information content (AvgIpc) is 2.80. The van der Waals surface area contributed by atoms with Crippen LogP contribution in [0.5, 0.6) is 0 Å². The molecule has 0 saturated heterocycles. The van der Waals surface area contributed by atoms with Crippen molar-refractivity contribution in [2.75, 3.05) is 5.32 Å². The highest BCUT2D eigenvalue weighted by Crippen LogP contribution is 2.21. The predicted molar refractivity (Wildman–Crippen MR) is 74.9 cm³/mol. The van der Waals surface area contributed by atoms with Gasteiger partial charge in [0.25, 0.3) is 0 Å². The minimum Gasteiger partial charge on any atom is -0.302 e. The normalized spacial score (nSPS) is 10.7. The molecule has 0 atom stereocenters. The minimum atomic E-state index is -0.300. The first-order chi connectivity index (χ1) is 9.04. The lowest BCUT2D eigenvalue weighted by molar-refractivity contribution is -0.115. The van der Waals surface area contributed by atoms with Crippen molar-refractivity contribution in [1.82, 2.24) is 4.98 Å². The standard InChI is InChI=1S/C14H15FN2OS/c1-9(2)12-8-19-14(16-12)17-13(18)7-10-3-5-11(15)6-4-10/h3-6,8-9H,7H2,1-2H3,(H,16,17,18). The van der Waals surface area contributed by atoms with Crippen molar-refractivity contribution in [3.63, 3.8) is 0 Å². The van der Waals surface area contributed by atoms with Gasteiger partial charge in [-0.1, -0.05) is 26.0 Å². The fourth-order valence-corrected chi connectivity index (χ4v) is 2.45. The van der Waals surface area contributed by atoms with E-state index in [4.69, 9.17) is 0 Å². The molecule has 2 rings (SSSR count). The Morgan fingerprint density at radius 3 is 2.63 bits per heavy atom. The number of amides is 1. The van der Waals surface area contributed by atoms with Crippen LogP contribution in [0.4, 0.5) is 9.52 Å². The van der Waals surface area contributed by atoms with Gasteiger partial charge in [-0.15, -0.1) is 11.3 Å². The maximum atomic E-state index is 12.7. The van der Waals surface area contributed by atoms with Crippen molar-refractivity contribution in [2.45, 2.75) is 26.2 Å². The van der Waals surface area contributed by atoms with Gasteiger partial charge in [-0.3, -0.25) is 4.79 Å². The van der Waals surface area contributed by atoms with Crippen LogP contribution in [0.3, 0.4) is 0 Å². The molecule has 2 aromatic rings. The maximum absolute atomic E-state index is 12.7. The molecular formula is C14H15FN2OS. The summed E-state index contributed by atoms with van der Waals surface area (Å²) < 4.78 is 12.7. The number of carbonyl (C=O) groups excluding carboxylic acids is 1. The molecule has 0 aliphatic carbocycles. The number of rotatable bonds is 4. The molecule has 1 aromatic heterocycles. The van der Waals surface area contributed by atoms with Crippen LogP contribution < -0.4 is 5.32 Å². The van der Waals surface area contributed by atoms with Gasteiger partial charge in [0.15, 0.2) is 5.13 Å². The second-order valence-corrected chi connectivity index (χ2v) is 5.44. The lowest BCUT2D eigenvalue weighted by Gasteiger charge is -2.02. The first-order valence-corrected chi connectivity index (χ1v) is 6.92. The van der Waals surface area contributed by atoms with E-state index >= 15 is 0 Å². The summed E-state index contributed by atoms with van der Waals surface area (Å²) in [7, 11) is 0. The van der Waals surface area contributed by atoms with Crippen LogP contribution in [0.15, 0.2) is 29.6 Å². The molecule has 0 aliphatic heterocycles. The van der Waals surface area contributed by atoms with Crippen molar-refractivity contribution >= 4 is 22.4 Å². The van der Waals surface area contributed by atoms with Crippen molar-refractivity contribution < 1.29 is 9.18 Å². The Hall–Kier alpha value is -1.75. The molecule has 0 saturated carbocycles. The summed E-state index contributed by atoms with van der Waals surface area (Å²) in [4.78, 5) is 16.1. The van der Waals surface area contributed by atoms with Gasteiger partial charge in [-0.05, 0) is 23.6 Å². The second kappa shape index (κ2) is 5.93. The molecule has 1 aromatic carbocycles. The number of carbonyl (C=O) groups is 1. The number of nitrogens with zero attached hydrogens (tertiary/aromatic N) is 1. The van der Waals surface area contributed by atoms with Gasteiger partial charge in [0.2, 0.25) is 5.91 Å². The number of aromatic nitrogens is 1. The zero-order valence-electron chi connectivity index (χ0n) is 10.8. The molecule has 0 bridgehead atoms. The van der Waals surface area contributed by atoms with Gasteiger partial charge < -0.3 is 5.32 Å². The van der Waals surface area contributed by atoms with Crippen LogP contribution in [0.2, 0.25) is 0 Å². The van der Waals surface area contributed by atoms with Crippen LogP contribution in [0, 0.1) is 5.82 Å². The van der Waals surface area contributed by atoms with Gasteiger partial charge >= 0.3 is 0 Å². The predicted octanol–water partition coefficient (Wildman–Crippen LogP) is 3.59. The highest BCUT2D eigenvalue weighted by molar-refractivity contribution is 7.13. The van der Waals surface area contributed by atoms with E-state index in [1.165, 1.54) is 23.5 Å². The summed E-state index contributed by atoms with van der Waals surface area (Å²) in [5.41, 5.74) is 1.75. The third-order valence-electron chi connectivity index (χ3n) is 2.64. The summed E-state index contributed by atoms with van der Waals surface area (Å²) in [6, 6.07) is 5.92. The van der Waals surface area contributed by atoms with Gasteiger partial charge in [0.1, 0.15) is 5.82 Å².